The zero-order chi connectivity index (χ0) is 12.1. The molecule has 0 aliphatic carbocycles. The maximum Gasteiger partial charge on any atom is 0.231 e. The van der Waals surface area contributed by atoms with Crippen LogP contribution in [0.3, 0.4) is 0 Å². The van der Waals surface area contributed by atoms with Gasteiger partial charge in [0.2, 0.25) is 5.91 Å². The van der Waals surface area contributed by atoms with Crippen molar-refractivity contribution in [1.82, 2.24) is 14.8 Å². The van der Waals surface area contributed by atoms with Gasteiger partial charge >= 0.3 is 0 Å². The Kier molecular flexibility index (Phi) is 4.75. The molecule has 1 amide bonds. The van der Waals surface area contributed by atoms with E-state index in [4.69, 9.17) is 11.5 Å². The summed E-state index contributed by atoms with van der Waals surface area (Å²) in [6.07, 6.45) is 0.675. The average molecular weight is 243 g/mol. The van der Waals surface area contributed by atoms with Crippen LogP contribution < -0.4 is 11.5 Å². The van der Waals surface area contributed by atoms with Crippen LogP contribution in [-0.4, -0.2) is 25.9 Å². The fraction of sp³-hybridized carbons (Fsp3) is 0.667. The van der Waals surface area contributed by atoms with Gasteiger partial charge in [-0.15, -0.1) is 10.2 Å². The van der Waals surface area contributed by atoms with E-state index >= 15 is 0 Å². The molecule has 1 atom stereocenters. The summed E-state index contributed by atoms with van der Waals surface area (Å²) < 4.78 is 1.90. The number of nitrogens with zero attached hydrogens (tertiary/aromatic N) is 3. The summed E-state index contributed by atoms with van der Waals surface area (Å²) in [6, 6.07) is 0. The lowest BCUT2D eigenvalue weighted by atomic mass is 10.3. The minimum Gasteiger partial charge on any atom is -0.369 e. The smallest absolute Gasteiger partial charge is 0.231 e. The van der Waals surface area contributed by atoms with Gasteiger partial charge in [0.1, 0.15) is 5.82 Å². The van der Waals surface area contributed by atoms with Crippen LogP contribution in [0.1, 0.15) is 26.1 Å². The molecule has 1 unspecified atom stereocenters. The summed E-state index contributed by atoms with van der Waals surface area (Å²) in [4.78, 5) is 11.1. The van der Waals surface area contributed by atoms with Gasteiger partial charge in [0, 0.05) is 6.54 Å². The lowest BCUT2D eigenvalue weighted by Gasteiger charge is -2.10. The van der Waals surface area contributed by atoms with Crippen molar-refractivity contribution in [2.45, 2.75) is 43.8 Å². The van der Waals surface area contributed by atoms with Crippen LogP contribution in [0.25, 0.3) is 0 Å². The highest BCUT2D eigenvalue weighted by Gasteiger charge is 2.19. The maximum absolute atomic E-state index is 11.1. The molecular formula is C9H17N5OS. The lowest BCUT2D eigenvalue weighted by Crippen LogP contribution is -2.25. The first-order valence-electron chi connectivity index (χ1n) is 5.22. The number of nitrogens with two attached hydrogens (primary N) is 2. The molecule has 0 aliphatic rings. The van der Waals surface area contributed by atoms with Crippen LogP contribution in [0.5, 0.6) is 0 Å². The van der Waals surface area contributed by atoms with Gasteiger partial charge < -0.3 is 16.0 Å². The third-order valence-corrected chi connectivity index (χ3v) is 3.59. The molecular weight excluding hydrogens is 226 g/mol. The van der Waals surface area contributed by atoms with Gasteiger partial charge in [-0.05, 0) is 13.3 Å². The Balaban J connectivity index is 2.87. The summed E-state index contributed by atoms with van der Waals surface area (Å²) >= 11 is 1.34. The summed E-state index contributed by atoms with van der Waals surface area (Å²) in [5.41, 5.74) is 10.8. The second-order valence-corrected chi connectivity index (χ2v) is 4.43. The minimum absolute atomic E-state index is 0.264. The van der Waals surface area contributed by atoms with Crippen molar-refractivity contribution < 1.29 is 4.79 Å². The van der Waals surface area contributed by atoms with Gasteiger partial charge in [0.15, 0.2) is 5.16 Å². The zero-order valence-electron chi connectivity index (χ0n) is 9.51. The second-order valence-electron chi connectivity index (χ2n) is 3.26. The lowest BCUT2D eigenvalue weighted by molar-refractivity contribution is -0.117. The van der Waals surface area contributed by atoms with Crippen molar-refractivity contribution in [1.29, 1.82) is 0 Å². The Morgan fingerprint density at radius 3 is 2.62 bits per heavy atom. The normalized spacial score (nSPS) is 12.7. The first-order chi connectivity index (χ1) is 7.63. The van der Waals surface area contributed by atoms with Crippen molar-refractivity contribution in [3.8, 4) is 0 Å². The van der Waals surface area contributed by atoms with E-state index in [1.165, 1.54) is 11.8 Å². The zero-order valence-corrected chi connectivity index (χ0v) is 10.3. The van der Waals surface area contributed by atoms with E-state index in [2.05, 4.69) is 10.2 Å². The first-order valence-corrected chi connectivity index (χ1v) is 6.10. The Hall–Kier alpha value is -1.08. The molecule has 0 saturated carbocycles. The molecule has 1 rings (SSSR count). The fourth-order valence-electron chi connectivity index (χ4n) is 1.34. The van der Waals surface area contributed by atoms with E-state index in [1.54, 1.807) is 0 Å². The number of aromatic nitrogens is 3. The van der Waals surface area contributed by atoms with Gasteiger partial charge in [-0.1, -0.05) is 18.7 Å². The maximum atomic E-state index is 11.1. The predicted molar refractivity (Wildman–Crippen MR) is 62.7 cm³/mol. The van der Waals surface area contributed by atoms with Crippen LogP contribution in [-0.2, 0) is 17.9 Å². The van der Waals surface area contributed by atoms with Gasteiger partial charge in [0.25, 0.3) is 0 Å². The number of hydrogen-bond donors (Lipinski definition) is 2. The molecule has 0 aromatic carbocycles. The molecule has 0 aliphatic heterocycles. The van der Waals surface area contributed by atoms with Crippen molar-refractivity contribution in [2.24, 2.45) is 11.5 Å². The first kappa shape index (κ1) is 13.0. The summed E-state index contributed by atoms with van der Waals surface area (Å²) in [7, 11) is 0. The molecule has 6 nitrogen and oxygen atoms in total. The number of hydrogen-bond acceptors (Lipinski definition) is 5. The average Bonchev–Trinajstić information content (AvgIpc) is 2.67. The van der Waals surface area contributed by atoms with Crippen LogP contribution >= 0.6 is 11.8 Å². The Morgan fingerprint density at radius 2 is 2.19 bits per heavy atom. The highest BCUT2D eigenvalue weighted by Crippen LogP contribution is 2.24. The number of rotatable bonds is 6. The van der Waals surface area contributed by atoms with E-state index < -0.39 is 0 Å². The molecule has 1 aromatic heterocycles. The predicted octanol–water partition coefficient (Wildman–Crippen LogP) is 0.113. The van der Waals surface area contributed by atoms with Crippen LogP contribution in [0, 0.1) is 0 Å². The van der Waals surface area contributed by atoms with Crippen LogP contribution in [0.2, 0.25) is 0 Å². The van der Waals surface area contributed by atoms with Crippen LogP contribution in [0.4, 0.5) is 0 Å². The molecule has 90 valence electrons. The van der Waals surface area contributed by atoms with Crippen LogP contribution in [0.15, 0.2) is 5.16 Å². The number of carbonyl (C=O) groups is 1. The summed E-state index contributed by atoms with van der Waals surface area (Å²) in [6.45, 7) is 4.97. The fourth-order valence-corrected chi connectivity index (χ4v) is 2.33. The van der Waals surface area contributed by atoms with E-state index in [-0.39, 0.29) is 11.2 Å². The van der Waals surface area contributed by atoms with Gasteiger partial charge in [0.05, 0.1) is 11.8 Å². The monoisotopic (exact) mass is 243 g/mol. The van der Waals surface area contributed by atoms with E-state index in [1.807, 2.05) is 18.4 Å². The highest BCUT2D eigenvalue weighted by atomic mass is 32.2. The van der Waals surface area contributed by atoms with E-state index in [0.717, 1.165) is 12.4 Å². The molecule has 0 bridgehead atoms. The molecule has 1 aromatic rings. The molecule has 0 spiro atoms. The van der Waals surface area contributed by atoms with Crippen molar-refractivity contribution >= 4 is 17.7 Å². The number of thioether (sulfide) groups is 1. The molecule has 0 saturated heterocycles. The van der Waals surface area contributed by atoms with E-state index in [0.29, 0.717) is 18.1 Å². The largest absolute Gasteiger partial charge is 0.369 e. The number of amides is 1. The van der Waals surface area contributed by atoms with Gasteiger partial charge in [-0.3, -0.25) is 4.79 Å². The molecule has 4 N–H and O–H groups in total. The van der Waals surface area contributed by atoms with Crippen molar-refractivity contribution in [2.75, 3.05) is 0 Å². The number of carbonyl (C=O) groups excluding carboxylic acids is 1. The molecule has 7 heteroatoms. The van der Waals surface area contributed by atoms with Gasteiger partial charge in [-0.2, -0.15) is 0 Å². The summed E-state index contributed by atoms with van der Waals surface area (Å²) in [5, 5.41) is 8.42. The Labute approximate surface area is 98.8 Å². The standard InChI is InChI=1S/C9H17N5OS/c1-3-6(8(11)15)16-9-13-12-7(5-10)14(9)4-2/h6H,3-5,10H2,1-2H3,(H2,11,15). The van der Waals surface area contributed by atoms with E-state index in [9.17, 15) is 4.79 Å². The van der Waals surface area contributed by atoms with Crippen molar-refractivity contribution in [3.63, 3.8) is 0 Å². The van der Waals surface area contributed by atoms with Gasteiger partial charge in [-0.25, -0.2) is 0 Å². The Morgan fingerprint density at radius 1 is 1.50 bits per heavy atom. The highest BCUT2D eigenvalue weighted by molar-refractivity contribution is 8.00. The third kappa shape index (κ3) is 2.73. The Bertz CT molecular complexity index is 365. The molecule has 0 fully saturated rings. The third-order valence-electron chi connectivity index (χ3n) is 2.23. The quantitative estimate of drug-likeness (QED) is 0.691. The number of primary amides is 1. The second kappa shape index (κ2) is 5.86. The van der Waals surface area contributed by atoms with Crippen molar-refractivity contribution in [3.05, 3.63) is 5.82 Å². The molecule has 0 radical (unpaired) electrons. The summed E-state index contributed by atoms with van der Waals surface area (Å²) in [5.74, 6) is 0.400. The minimum atomic E-state index is -0.326. The SMILES string of the molecule is CCC(Sc1nnc(CN)n1CC)C(N)=O. The molecule has 1 heterocycles. The topological polar surface area (TPSA) is 99.8 Å². The molecule has 16 heavy (non-hydrogen) atoms.